The Labute approximate surface area is 92.0 Å². The molecule has 15 heavy (non-hydrogen) atoms. The quantitative estimate of drug-likeness (QED) is 0.729. The molecule has 1 aliphatic rings. The van der Waals surface area contributed by atoms with Crippen molar-refractivity contribution in [3.8, 4) is 0 Å². The van der Waals surface area contributed by atoms with Gasteiger partial charge in [0.1, 0.15) is 6.10 Å². The summed E-state index contributed by atoms with van der Waals surface area (Å²) < 4.78 is 5.77. The Balaban J connectivity index is 2.44. The molecule has 0 bridgehead atoms. The molecule has 1 saturated heterocycles. The highest BCUT2D eigenvalue weighted by Gasteiger charge is 2.36. The number of ether oxygens (including phenoxy) is 1. The summed E-state index contributed by atoms with van der Waals surface area (Å²) in [6, 6.07) is 0. The van der Waals surface area contributed by atoms with Crippen molar-refractivity contribution < 1.29 is 9.53 Å². The lowest BCUT2D eigenvalue weighted by Gasteiger charge is -2.41. The maximum atomic E-state index is 11.9. The molecule has 1 rings (SSSR count). The van der Waals surface area contributed by atoms with Gasteiger partial charge in [-0.15, -0.1) is 0 Å². The summed E-state index contributed by atoms with van der Waals surface area (Å²) in [6.45, 7) is 11.0. The van der Waals surface area contributed by atoms with Crippen molar-refractivity contribution in [2.24, 2.45) is 0 Å². The third kappa shape index (κ3) is 2.92. The van der Waals surface area contributed by atoms with E-state index < -0.39 is 0 Å². The summed E-state index contributed by atoms with van der Waals surface area (Å²) in [7, 11) is 0. The number of rotatable bonds is 5. The molecule has 1 atom stereocenters. The molecule has 1 aliphatic heterocycles. The van der Waals surface area contributed by atoms with Crippen LogP contribution in [0.3, 0.4) is 0 Å². The fourth-order valence-electron chi connectivity index (χ4n) is 1.83. The van der Waals surface area contributed by atoms with Gasteiger partial charge in [0.15, 0.2) is 0 Å². The molecule has 0 aromatic heterocycles. The van der Waals surface area contributed by atoms with Gasteiger partial charge in [-0.3, -0.25) is 4.79 Å². The molecule has 4 nitrogen and oxygen atoms in total. The number of nitrogens with zero attached hydrogens (tertiary/aromatic N) is 1. The first-order valence-corrected chi connectivity index (χ1v) is 5.69. The maximum Gasteiger partial charge on any atom is 0.251 e. The molecule has 0 aromatic carbocycles. The second kappa shape index (κ2) is 4.94. The number of nitrogens with one attached hydrogen (secondary N) is 1. The second-order valence-electron chi connectivity index (χ2n) is 4.32. The van der Waals surface area contributed by atoms with Gasteiger partial charge in [-0.25, -0.2) is 0 Å². The van der Waals surface area contributed by atoms with E-state index in [1.165, 1.54) is 0 Å². The van der Waals surface area contributed by atoms with Gasteiger partial charge in [0, 0.05) is 26.2 Å². The van der Waals surface area contributed by atoms with E-state index in [0.29, 0.717) is 0 Å². The number of hydrogen-bond acceptors (Lipinski definition) is 3. The van der Waals surface area contributed by atoms with Gasteiger partial charge < -0.3 is 15.0 Å². The number of amides is 1. The van der Waals surface area contributed by atoms with Crippen molar-refractivity contribution in [3.63, 3.8) is 0 Å². The SMILES string of the molecule is CCN(CC)C(=O)C(C)OC1(C)CNC1. The van der Waals surface area contributed by atoms with Crippen LogP contribution in [0.1, 0.15) is 27.7 Å². The van der Waals surface area contributed by atoms with Gasteiger partial charge in [-0.05, 0) is 27.7 Å². The normalized spacial score (nSPS) is 20.5. The molecule has 88 valence electrons. The smallest absolute Gasteiger partial charge is 0.251 e. The molecular weight excluding hydrogens is 192 g/mol. The Kier molecular flexibility index (Phi) is 4.11. The molecule has 0 aliphatic carbocycles. The molecule has 0 saturated carbocycles. The highest BCUT2D eigenvalue weighted by Crippen LogP contribution is 2.18. The standard InChI is InChI=1S/C11H22N2O2/c1-5-13(6-2)10(14)9(3)15-11(4)7-12-8-11/h9,12H,5-8H2,1-4H3. The zero-order valence-corrected chi connectivity index (χ0v) is 10.2. The Morgan fingerprint density at radius 2 is 2.00 bits per heavy atom. The fraction of sp³-hybridized carbons (Fsp3) is 0.909. The minimum atomic E-state index is -0.336. The number of carbonyl (C=O) groups is 1. The van der Waals surface area contributed by atoms with E-state index in [9.17, 15) is 4.79 Å². The Hall–Kier alpha value is -0.610. The van der Waals surface area contributed by atoms with Crippen LogP contribution >= 0.6 is 0 Å². The van der Waals surface area contributed by atoms with E-state index >= 15 is 0 Å². The van der Waals surface area contributed by atoms with Crippen LogP contribution in [0.15, 0.2) is 0 Å². The van der Waals surface area contributed by atoms with Gasteiger partial charge in [0.05, 0.1) is 5.60 Å². The average Bonchev–Trinajstić information content (AvgIpc) is 2.17. The first-order chi connectivity index (χ1) is 7.02. The van der Waals surface area contributed by atoms with Crippen molar-refractivity contribution in [1.82, 2.24) is 10.2 Å². The van der Waals surface area contributed by atoms with Gasteiger partial charge >= 0.3 is 0 Å². The summed E-state index contributed by atoms with van der Waals surface area (Å²) in [5.41, 5.74) is -0.151. The van der Waals surface area contributed by atoms with E-state index in [1.54, 1.807) is 4.90 Å². The monoisotopic (exact) mass is 214 g/mol. The lowest BCUT2D eigenvalue weighted by Crippen LogP contribution is -2.61. The Bertz CT molecular complexity index is 223. The van der Waals surface area contributed by atoms with E-state index in [1.807, 2.05) is 27.7 Å². The van der Waals surface area contributed by atoms with Crippen LogP contribution in [0.4, 0.5) is 0 Å². The first kappa shape index (κ1) is 12.5. The van der Waals surface area contributed by atoms with Crippen LogP contribution in [0.25, 0.3) is 0 Å². The summed E-state index contributed by atoms with van der Waals surface area (Å²) in [6.07, 6.45) is -0.336. The second-order valence-corrected chi connectivity index (χ2v) is 4.32. The van der Waals surface area contributed by atoms with Crippen molar-refractivity contribution in [2.75, 3.05) is 26.2 Å². The third-order valence-electron chi connectivity index (χ3n) is 2.88. The zero-order valence-electron chi connectivity index (χ0n) is 10.2. The van der Waals surface area contributed by atoms with Gasteiger partial charge in [-0.1, -0.05) is 0 Å². The van der Waals surface area contributed by atoms with Crippen LogP contribution in [-0.4, -0.2) is 48.7 Å². The van der Waals surface area contributed by atoms with Crippen LogP contribution in [-0.2, 0) is 9.53 Å². The molecule has 0 radical (unpaired) electrons. The lowest BCUT2D eigenvalue weighted by atomic mass is 9.99. The minimum Gasteiger partial charge on any atom is -0.360 e. The van der Waals surface area contributed by atoms with E-state index in [4.69, 9.17) is 4.74 Å². The lowest BCUT2D eigenvalue weighted by molar-refractivity contribution is -0.159. The van der Waals surface area contributed by atoms with Crippen molar-refractivity contribution in [3.05, 3.63) is 0 Å². The summed E-state index contributed by atoms with van der Waals surface area (Å²) in [5, 5.41) is 3.15. The van der Waals surface area contributed by atoms with Crippen LogP contribution in [0.2, 0.25) is 0 Å². The molecule has 1 unspecified atom stereocenters. The van der Waals surface area contributed by atoms with E-state index in [-0.39, 0.29) is 17.6 Å². The number of hydrogen-bond donors (Lipinski definition) is 1. The van der Waals surface area contributed by atoms with Gasteiger partial charge in [0.2, 0.25) is 0 Å². The molecule has 1 heterocycles. The molecule has 0 aromatic rings. The summed E-state index contributed by atoms with van der Waals surface area (Å²) in [4.78, 5) is 13.7. The largest absolute Gasteiger partial charge is 0.360 e. The van der Waals surface area contributed by atoms with Crippen molar-refractivity contribution in [2.45, 2.75) is 39.4 Å². The zero-order chi connectivity index (χ0) is 11.5. The van der Waals surface area contributed by atoms with E-state index in [0.717, 1.165) is 26.2 Å². The van der Waals surface area contributed by atoms with Crippen LogP contribution in [0, 0.1) is 0 Å². The molecule has 0 spiro atoms. The third-order valence-corrected chi connectivity index (χ3v) is 2.88. The average molecular weight is 214 g/mol. The molecule has 1 N–H and O–H groups in total. The number of likely N-dealkylation sites (N-methyl/N-ethyl adjacent to an activating group) is 1. The summed E-state index contributed by atoms with van der Waals surface area (Å²) >= 11 is 0. The van der Waals surface area contributed by atoms with Crippen molar-refractivity contribution >= 4 is 5.91 Å². The minimum absolute atomic E-state index is 0.0909. The molecule has 1 amide bonds. The Morgan fingerprint density at radius 1 is 1.47 bits per heavy atom. The highest BCUT2D eigenvalue weighted by molar-refractivity contribution is 5.80. The van der Waals surface area contributed by atoms with Crippen LogP contribution in [0.5, 0.6) is 0 Å². The first-order valence-electron chi connectivity index (χ1n) is 5.69. The highest BCUT2D eigenvalue weighted by atomic mass is 16.5. The predicted molar refractivity (Wildman–Crippen MR) is 59.7 cm³/mol. The molecule has 4 heteroatoms. The van der Waals surface area contributed by atoms with E-state index in [2.05, 4.69) is 5.32 Å². The molecular formula is C11H22N2O2. The topological polar surface area (TPSA) is 41.6 Å². The number of carbonyl (C=O) groups excluding carboxylic acids is 1. The van der Waals surface area contributed by atoms with Crippen molar-refractivity contribution in [1.29, 1.82) is 0 Å². The molecule has 1 fully saturated rings. The fourth-order valence-corrected chi connectivity index (χ4v) is 1.83. The Morgan fingerprint density at radius 3 is 2.33 bits per heavy atom. The summed E-state index contributed by atoms with van der Waals surface area (Å²) in [5.74, 6) is 0.0909. The maximum absolute atomic E-state index is 11.9. The van der Waals surface area contributed by atoms with Gasteiger partial charge in [0.25, 0.3) is 5.91 Å². The van der Waals surface area contributed by atoms with Gasteiger partial charge in [-0.2, -0.15) is 0 Å². The predicted octanol–water partition coefficient (Wildman–Crippen LogP) is 0.622. The van der Waals surface area contributed by atoms with Crippen LogP contribution < -0.4 is 5.32 Å².